The maximum atomic E-state index is 11.5. The third-order valence-corrected chi connectivity index (χ3v) is 3.02. The molecule has 0 N–H and O–H groups in total. The monoisotopic (exact) mass is 170 g/mol. The molecule has 1 heterocycles. The highest BCUT2D eigenvalue weighted by Gasteiger charge is 2.38. The number of carbonyl (C=O) groups is 1. The van der Waals surface area contributed by atoms with Gasteiger partial charge in [-0.15, -0.1) is 0 Å². The van der Waals surface area contributed by atoms with Gasteiger partial charge in [0.15, 0.2) is 0 Å². The molecule has 2 atom stereocenters. The van der Waals surface area contributed by atoms with Crippen molar-refractivity contribution in [2.75, 3.05) is 0 Å². The highest BCUT2D eigenvalue weighted by molar-refractivity contribution is 5.77. The molecule has 2 heteroatoms. The molecule has 12 heavy (non-hydrogen) atoms. The van der Waals surface area contributed by atoms with Crippen LogP contribution in [0.1, 0.15) is 46.5 Å². The fraction of sp³-hybridized carbons (Fsp3) is 0.900. The Balaban J connectivity index is 2.59. The minimum atomic E-state index is -0.203. The van der Waals surface area contributed by atoms with Gasteiger partial charge in [-0.2, -0.15) is 0 Å². The maximum Gasteiger partial charge on any atom is 0.312 e. The van der Waals surface area contributed by atoms with Crippen LogP contribution in [-0.2, 0) is 9.53 Å². The molecule has 0 amide bonds. The number of esters is 1. The van der Waals surface area contributed by atoms with Crippen LogP contribution in [0, 0.1) is 5.41 Å². The van der Waals surface area contributed by atoms with Crippen LogP contribution in [-0.4, -0.2) is 12.1 Å². The van der Waals surface area contributed by atoms with Crippen molar-refractivity contribution in [1.82, 2.24) is 0 Å². The largest absolute Gasteiger partial charge is 0.462 e. The molecule has 1 aliphatic heterocycles. The quantitative estimate of drug-likeness (QED) is 0.595. The third kappa shape index (κ3) is 1.62. The second kappa shape index (κ2) is 3.46. The topological polar surface area (TPSA) is 26.3 Å². The van der Waals surface area contributed by atoms with Crippen molar-refractivity contribution in [2.45, 2.75) is 52.6 Å². The van der Waals surface area contributed by atoms with Crippen LogP contribution >= 0.6 is 0 Å². The van der Waals surface area contributed by atoms with Crippen LogP contribution in [0.4, 0.5) is 0 Å². The Morgan fingerprint density at radius 2 is 2.25 bits per heavy atom. The molecule has 1 aliphatic rings. The van der Waals surface area contributed by atoms with Crippen molar-refractivity contribution in [1.29, 1.82) is 0 Å². The molecule has 0 bridgehead atoms. The lowest BCUT2D eigenvalue weighted by Gasteiger charge is -2.34. The van der Waals surface area contributed by atoms with Gasteiger partial charge < -0.3 is 4.74 Å². The van der Waals surface area contributed by atoms with Crippen molar-refractivity contribution in [3.8, 4) is 0 Å². The van der Waals surface area contributed by atoms with E-state index in [0.29, 0.717) is 0 Å². The smallest absolute Gasteiger partial charge is 0.312 e. The zero-order valence-electron chi connectivity index (χ0n) is 8.22. The van der Waals surface area contributed by atoms with E-state index in [0.717, 1.165) is 25.7 Å². The number of cyclic esters (lactones) is 1. The summed E-state index contributed by atoms with van der Waals surface area (Å²) in [5.41, 5.74) is -0.203. The zero-order chi connectivity index (χ0) is 9.19. The molecule has 0 aromatic heterocycles. The number of ether oxygens (including phenoxy) is 1. The minimum absolute atomic E-state index is 0.00287. The first-order valence-electron chi connectivity index (χ1n) is 4.83. The van der Waals surface area contributed by atoms with Crippen molar-refractivity contribution < 1.29 is 9.53 Å². The average Bonchev–Trinajstić information content (AvgIpc) is 2.10. The number of hydrogen-bond acceptors (Lipinski definition) is 2. The van der Waals surface area contributed by atoms with Gasteiger partial charge in [0.2, 0.25) is 0 Å². The summed E-state index contributed by atoms with van der Waals surface area (Å²) in [6.45, 7) is 6.11. The Bertz CT molecular complexity index is 177. The van der Waals surface area contributed by atoms with Crippen LogP contribution in [0.3, 0.4) is 0 Å². The summed E-state index contributed by atoms with van der Waals surface area (Å²) in [5.74, 6) is 0.00287. The van der Waals surface area contributed by atoms with E-state index < -0.39 is 0 Å². The van der Waals surface area contributed by atoms with E-state index in [1.54, 1.807) is 0 Å². The van der Waals surface area contributed by atoms with Gasteiger partial charge in [-0.05, 0) is 32.6 Å². The van der Waals surface area contributed by atoms with Gasteiger partial charge in [-0.25, -0.2) is 0 Å². The lowest BCUT2D eigenvalue weighted by Crippen LogP contribution is -2.38. The third-order valence-electron chi connectivity index (χ3n) is 3.02. The van der Waals surface area contributed by atoms with E-state index in [2.05, 4.69) is 6.92 Å². The molecule has 0 radical (unpaired) electrons. The van der Waals surface area contributed by atoms with Crippen LogP contribution < -0.4 is 0 Å². The van der Waals surface area contributed by atoms with E-state index in [4.69, 9.17) is 4.74 Å². The highest BCUT2D eigenvalue weighted by Crippen LogP contribution is 2.35. The average molecular weight is 170 g/mol. The Morgan fingerprint density at radius 1 is 1.58 bits per heavy atom. The van der Waals surface area contributed by atoms with Crippen molar-refractivity contribution in [2.24, 2.45) is 5.41 Å². The molecule has 0 aromatic carbocycles. The molecule has 1 rings (SSSR count). The van der Waals surface area contributed by atoms with E-state index >= 15 is 0 Å². The van der Waals surface area contributed by atoms with Gasteiger partial charge >= 0.3 is 5.97 Å². The Morgan fingerprint density at radius 3 is 2.67 bits per heavy atom. The standard InChI is InChI=1S/C10H18O2/c1-4-8-6-7-10(3,5-2)9(11)12-8/h8H,4-7H2,1-3H3. The SMILES string of the molecule is CCC1CCC(C)(CC)C(=O)O1. The Labute approximate surface area is 74.3 Å². The van der Waals surface area contributed by atoms with Gasteiger partial charge in [0, 0.05) is 0 Å². The number of carbonyl (C=O) groups excluding carboxylic acids is 1. The van der Waals surface area contributed by atoms with Crippen molar-refractivity contribution in [3.63, 3.8) is 0 Å². The zero-order valence-corrected chi connectivity index (χ0v) is 8.22. The second-order valence-corrected chi connectivity index (χ2v) is 3.89. The first-order valence-corrected chi connectivity index (χ1v) is 4.83. The summed E-state index contributed by atoms with van der Waals surface area (Å²) < 4.78 is 5.30. The van der Waals surface area contributed by atoms with Gasteiger partial charge in [0.05, 0.1) is 5.41 Å². The molecule has 0 aliphatic carbocycles. The van der Waals surface area contributed by atoms with Crippen LogP contribution in [0.25, 0.3) is 0 Å². The summed E-state index contributed by atoms with van der Waals surface area (Å²) in [4.78, 5) is 11.5. The van der Waals surface area contributed by atoms with E-state index in [-0.39, 0.29) is 17.5 Å². The lowest BCUT2D eigenvalue weighted by atomic mass is 9.80. The Hall–Kier alpha value is -0.530. The summed E-state index contributed by atoms with van der Waals surface area (Å²) in [6.07, 6.45) is 4.04. The maximum absolute atomic E-state index is 11.5. The molecule has 0 spiro atoms. The summed E-state index contributed by atoms with van der Waals surface area (Å²) in [5, 5.41) is 0. The molecule has 0 saturated carbocycles. The van der Waals surface area contributed by atoms with Crippen LogP contribution in [0.2, 0.25) is 0 Å². The highest BCUT2D eigenvalue weighted by atomic mass is 16.5. The molecule has 1 fully saturated rings. The molecular weight excluding hydrogens is 152 g/mol. The summed E-state index contributed by atoms with van der Waals surface area (Å²) in [6, 6.07) is 0. The molecular formula is C10H18O2. The van der Waals surface area contributed by atoms with Gasteiger partial charge in [-0.3, -0.25) is 4.79 Å². The lowest BCUT2D eigenvalue weighted by molar-refractivity contribution is -0.169. The van der Waals surface area contributed by atoms with Crippen molar-refractivity contribution in [3.05, 3.63) is 0 Å². The second-order valence-electron chi connectivity index (χ2n) is 3.89. The fourth-order valence-electron chi connectivity index (χ4n) is 1.54. The van der Waals surface area contributed by atoms with Gasteiger partial charge in [0.1, 0.15) is 6.10 Å². The summed E-state index contributed by atoms with van der Waals surface area (Å²) >= 11 is 0. The molecule has 2 nitrogen and oxygen atoms in total. The van der Waals surface area contributed by atoms with Crippen LogP contribution in [0.5, 0.6) is 0 Å². The summed E-state index contributed by atoms with van der Waals surface area (Å²) in [7, 11) is 0. The van der Waals surface area contributed by atoms with Gasteiger partial charge in [-0.1, -0.05) is 13.8 Å². The minimum Gasteiger partial charge on any atom is -0.462 e. The predicted molar refractivity (Wildman–Crippen MR) is 47.8 cm³/mol. The Kier molecular flexibility index (Phi) is 2.76. The first kappa shape index (κ1) is 9.56. The van der Waals surface area contributed by atoms with Crippen LogP contribution in [0.15, 0.2) is 0 Å². The fourth-order valence-corrected chi connectivity index (χ4v) is 1.54. The molecule has 2 unspecified atom stereocenters. The van der Waals surface area contributed by atoms with Gasteiger partial charge in [0.25, 0.3) is 0 Å². The first-order chi connectivity index (χ1) is 5.62. The molecule has 1 saturated heterocycles. The number of rotatable bonds is 2. The van der Waals surface area contributed by atoms with E-state index in [1.807, 2.05) is 13.8 Å². The van der Waals surface area contributed by atoms with E-state index in [1.165, 1.54) is 0 Å². The number of hydrogen-bond donors (Lipinski definition) is 0. The van der Waals surface area contributed by atoms with E-state index in [9.17, 15) is 4.79 Å². The normalized spacial score (nSPS) is 36.2. The predicted octanol–water partition coefficient (Wildman–Crippen LogP) is 2.52. The molecule has 0 aromatic rings. The van der Waals surface area contributed by atoms with Crippen molar-refractivity contribution >= 4 is 5.97 Å². The molecule has 70 valence electrons.